The van der Waals surface area contributed by atoms with E-state index in [1.165, 1.54) is 0 Å². The largest absolute Gasteiger partial charge is 0.495 e. The van der Waals surface area contributed by atoms with Crippen LogP contribution in [0.5, 0.6) is 5.75 Å². The number of ether oxygens (including phenoxy) is 1. The number of para-hydroxylation sites is 3. The van der Waals surface area contributed by atoms with Crippen molar-refractivity contribution in [3.63, 3.8) is 0 Å². The van der Waals surface area contributed by atoms with E-state index >= 15 is 0 Å². The first-order valence-electron chi connectivity index (χ1n) is 10.3. The third-order valence-corrected chi connectivity index (χ3v) is 5.51. The molecule has 1 fully saturated rings. The van der Waals surface area contributed by atoms with E-state index in [4.69, 9.17) is 4.74 Å². The van der Waals surface area contributed by atoms with Gasteiger partial charge in [-0.15, -0.1) is 0 Å². The van der Waals surface area contributed by atoms with Crippen molar-refractivity contribution >= 4 is 17.3 Å². The van der Waals surface area contributed by atoms with Gasteiger partial charge in [-0.1, -0.05) is 60.7 Å². The van der Waals surface area contributed by atoms with Crippen LogP contribution < -0.4 is 15.0 Å². The van der Waals surface area contributed by atoms with Gasteiger partial charge < -0.3 is 15.0 Å². The average Bonchev–Trinajstić information content (AvgIpc) is 2.81. The molecule has 1 unspecified atom stereocenters. The normalized spacial score (nSPS) is 15.4. The van der Waals surface area contributed by atoms with Crippen molar-refractivity contribution in [3.8, 4) is 5.75 Å². The molecule has 154 valence electrons. The summed E-state index contributed by atoms with van der Waals surface area (Å²) < 4.78 is 5.53. The number of benzene rings is 3. The van der Waals surface area contributed by atoms with E-state index < -0.39 is 0 Å². The molecule has 30 heavy (non-hydrogen) atoms. The zero-order valence-electron chi connectivity index (χ0n) is 17.2. The lowest BCUT2D eigenvalue weighted by molar-refractivity contribution is -0.121. The van der Waals surface area contributed by atoms with Gasteiger partial charge >= 0.3 is 0 Å². The van der Waals surface area contributed by atoms with Gasteiger partial charge in [-0.2, -0.15) is 0 Å². The maximum Gasteiger partial charge on any atom is 0.246 e. The molecule has 3 aromatic rings. The molecule has 0 aromatic heterocycles. The van der Waals surface area contributed by atoms with Crippen LogP contribution in [0.4, 0.5) is 11.4 Å². The minimum Gasteiger partial charge on any atom is -0.495 e. The number of hydrogen-bond donors (Lipinski definition) is 1. The number of anilines is 2. The number of piperazine rings is 1. The van der Waals surface area contributed by atoms with Crippen LogP contribution in [0.25, 0.3) is 0 Å². The number of amides is 1. The minimum atomic E-state index is -0.328. The van der Waals surface area contributed by atoms with Crippen molar-refractivity contribution in [2.75, 3.05) is 43.5 Å². The Balaban J connectivity index is 1.51. The minimum absolute atomic E-state index is 0.00172. The fraction of sp³-hybridized carbons (Fsp3) is 0.240. The van der Waals surface area contributed by atoms with Gasteiger partial charge in [0.15, 0.2) is 0 Å². The highest BCUT2D eigenvalue weighted by atomic mass is 16.5. The zero-order chi connectivity index (χ0) is 20.8. The van der Waals surface area contributed by atoms with E-state index in [9.17, 15) is 4.79 Å². The standard InChI is InChI=1S/C25H27N3O2/c1-30-23-15-9-8-14-22(23)27-16-18-28(19-17-27)24(20-10-4-2-5-11-20)25(29)26-21-12-6-3-7-13-21/h2-15,24H,16-19H2,1H3,(H,26,29). The second-order valence-electron chi connectivity index (χ2n) is 7.36. The van der Waals surface area contributed by atoms with Gasteiger partial charge in [0.2, 0.25) is 5.91 Å². The van der Waals surface area contributed by atoms with Crippen molar-refractivity contribution < 1.29 is 9.53 Å². The van der Waals surface area contributed by atoms with Crippen LogP contribution in [0.3, 0.4) is 0 Å². The van der Waals surface area contributed by atoms with Crippen LogP contribution in [0.15, 0.2) is 84.9 Å². The smallest absolute Gasteiger partial charge is 0.246 e. The van der Waals surface area contributed by atoms with Crippen molar-refractivity contribution in [1.29, 1.82) is 0 Å². The highest BCUT2D eigenvalue weighted by Gasteiger charge is 2.31. The number of nitrogens with zero attached hydrogens (tertiary/aromatic N) is 2. The molecular formula is C25H27N3O2. The van der Waals surface area contributed by atoms with Crippen LogP contribution in [0, 0.1) is 0 Å². The molecule has 1 N–H and O–H groups in total. The lowest BCUT2D eigenvalue weighted by atomic mass is 10.0. The summed E-state index contributed by atoms with van der Waals surface area (Å²) >= 11 is 0. The molecule has 0 aliphatic carbocycles. The molecule has 3 aromatic carbocycles. The highest BCUT2D eigenvalue weighted by Crippen LogP contribution is 2.30. The predicted octanol–water partition coefficient (Wildman–Crippen LogP) is 4.20. The number of carbonyl (C=O) groups excluding carboxylic acids is 1. The maximum atomic E-state index is 13.3. The van der Waals surface area contributed by atoms with Crippen molar-refractivity contribution in [1.82, 2.24) is 4.90 Å². The SMILES string of the molecule is COc1ccccc1N1CCN(C(C(=O)Nc2ccccc2)c2ccccc2)CC1. The van der Waals surface area contributed by atoms with Crippen LogP contribution in [-0.2, 0) is 4.79 Å². The van der Waals surface area contributed by atoms with Gasteiger partial charge in [0.1, 0.15) is 11.8 Å². The molecule has 1 amide bonds. The van der Waals surface area contributed by atoms with Gasteiger partial charge in [-0.3, -0.25) is 9.69 Å². The van der Waals surface area contributed by atoms with E-state index in [1.54, 1.807) is 7.11 Å². The van der Waals surface area contributed by atoms with Gasteiger partial charge in [-0.25, -0.2) is 0 Å². The molecule has 4 rings (SSSR count). The summed E-state index contributed by atoms with van der Waals surface area (Å²) in [5.41, 5.74) is 2.93. The predicted molar refractivity (Wildman–Crippen MR) is 121 cm³/mol. The summed E-state index contributed by atoms with van der Waals surface area (Å²) in [6.45, 7) is 3.25. The summed E-state index contributed by atoms with van der Waals surface area (Å²) in [5.74, 6) is 0.880. The van der Waals surface area contributed by atoms with E-state index in [0.29, 0.717) is 0 Å². The second-order valence-corrected chi connectivity index (χ2v) is 7.36. The Hall–Kier alpha value is -3.31. The lowest BCUT2D eigenvalue weighted by Crippen LogP contribution is -2.50. The van der Waals surface area contributed by atoms with Crippen molar-refractivity contribution in [2.45, 2.75) is 6.04 Å². The average molecular weight is 402 g/mol. The molecule has 1 aliphatic heterocycles. The van der Waals surface area contributed by atoms with Gasteiger partial charge in [-0.05, 0) is 29.8 Å². The Labute approximate surface area is 177 Å². The van der Waals surface area contributed by atoms with E-state index in [0.717, 1.165) is 48.9 Å². The van der Waals surface area contributed by atoms with Crippen molar-refractivity contribution in [3.05, 3.63) is 90.5 Å². The number of methoxy groups -OCH3 is 1. The number of nitrogens with one attached hydrogen (secondary N) is 1. The molecule has 0 saturated carbocycles. The Kier molecular flexibility index (Phi) is 6.30. The summed E-state index contributed by atoms with van der Waals surface area (Å²) in [4.78, 5) is 17.9. The molecule has 5 heteroatoms. The van der Waals surface area contributed by atoms with E-state index in [1.807, 2.05) is 78.9 Å². The van der Waals surface area contributed by atoms with E-state index in [-0.39, 0.29) is 11.9 Å². The summed E-state index contributed by atoms with van der Waals surface area (Å²) in [6, 6.07) is 27.4. The Morgan fingerprint density at radius 3 is 2.10 bits per heavy atom. The third-order valence-electron chi connectivity index (χ3n) is 5.51. The molecule has 0 radical (unpaired) electrons. The topological polar surface area (TPSA) is 44.8 Å². The van der Waals surface area contributed by atoms with Crippen LogP contribution >= 0.6 is 0 Å². The maximum absolute atomic E-state index is 13.3. The van der Waals surface area contributed by atoms with E-state index in [2.05, 4.69) is 21.2 Å². The summed E-state index contributed by atoms with van der Waals surface area (Å²) in [5, 5.41) is 3.08. The molecular weight excluding hydrogens is 374 g/mol. The molecule has 0 spiro atoms. The molecule has 1 atom stereocenters. The zero-order valence-corrected chi connectivity index (χ0v) is 17.2. The summed E-state index contributed by atoms with van der Waals surface area (Å²) in [6.07, 6.45) is 0. The van der Waals surface area contributed by atoms with Gasteiger partial charge in [0, 0.05) is 31.9 Å². The fourth-order valence-corrected chi connectivity index (χ4v) is 4.01. The van der Waals surface area contributed by atoms with Crippen LogP contribution in [-0.4, -0.2) is 44.1 Å². The molecule has 1 saturated heterocycles. The van der Waals surface area contributed by atoms with Crippen LogP contribution in [0.2, 0.25) is 0 Å². The molecule has 0 bridgehead atoms. The van der Waals surface area contributed by atoms with Crippen molar-refractivity contribution in [2.24, 2.45) is 0 Å². The molecule has 1 aliphatic rings. The highest BCUT2D eigenvalue weighted by molar-refractivity contribution is 5.95. The number of carbonyl (C=O) groups is 1. The number of rotatable bonds is 6. The van der Waals surface area contributed by atoms with Crippen LogP contribution in [0.1, 0.15) is 11.6 Å². The van der Waals surface area contributed by atoms with Gasteiger partial charge in [0.25, 0.3) is 0 Å². The Bertz CT molecular complexity index is 954. The Morgan fingerprint density at radius 1 is 0.833 bits per heavy atom. The second kappa shape index (κ2) is 9.46. The number of hydrogen-bond acceptors (Lipinski definition) is 4. The summed E-state index contributed by atoms with van der Waals surface area (Å²) in [7, 11) is 1.70. The Morgan fingerprint density at radius 2 is 1.43 bits per heavy atom. The first-order chi connectivity index (χ1) is 14.8. The third kappa shape index (κ3) is 4.47. The fourth-order valence-electron chi connectivity index (χ4n) is 4.01. The first kappa shape index (κ1) is 20.0. The quantitative estimate of drug-likeness (QED) is 0.673. The van der Waals surface area contributed by atoms with Gasteiger partial charge in [0.05, 0.1) is 12.8 Å². The first-order valence-corrected chi connectivity index (χ1v) is 10.3. The molecule has 1 heterocycles. The lowest BCUT2D eigenvalue weighted by Gasteiger charge is -2.40. The monoisotopic (exact) mass is 401 g/mol. The molecule has 5 nitrogen and oxygen atoms in total.